The van der Waals surface area contributed by atoms with Crippen molar-refractivity contribution in [2.75, 3.05) is 7.11 Å². The Hall–Kier alpha value is -2.88. The first kappa shape index (κ1) is 20.8. The molecule has 0 bridgehead atoms. The molecule has 0 saturated heterocycles. The van der Waals surface area contributed by atoms with Crippen molar-refractivity contribution in [1.82, 2.24) is 0 Å². The zero-order valence-electron chi connectivity index (χ0n) is 17.9. The van der Waals surface area contributed by atoms with Crippen LogP contribution < -0.4 is 9.47 Å². The summed E-state index contributed by atoms with van der Waals surface area (Å²) in [4.78, 5) is 0. The molecule has 4 heteroatoms. The zero-order chi connectivity index (χ0) is 21.2. The Kier molecular flexibility index (Phi) is 5.92. The highest BCUT2D eigenvalue weighted by atomic mass is 16.5. The lowest BCUT2D eigenvalue weighted by Crippen LogP contribution is -2.33. The standard InChI is InChI=1S/C25H30O4/c1-16(2)6-9-19-18(10-7-17-8-11-23(28-5)22(27)14-17)20-12-13-25(3,4)29-24(20)15-21(19)26/h6-8,10-11,14-15,26-27H,9,12-13H2,1-5H3/b10-7-. The van der Waals surface area contributed by atoms with E-state index < -0.39 is 0 Å². The van der Waals surface area contributed by atoms with E-state index in [1.54, 1.807) is 18.2 Å². The van der Waals surface area contributed by atoms with E-state index in [1.807, 2.05) is 18.2 Å². The van der Waals surface area contributed by atoms with Gasteiger partial charge in [-0.2, -0.15) is 0 Å². The number of hydrogen-bond acceptors (Lipinski definition) is 4. The largest absolute Gasteiger partial charge is 0.507 e. The Labute approximate surface area is 173 Å². The molecule has 0 fully saturated rings. The number of phenols is 2. The summed E-state index contributed by atoms with van der Waals surface area (Å²) in [6, 6.07) is 7.04. The molecule has 154 valence electrons. The lowest BCUT2D eigenvalue weighted by Gasteiger charge is -2.34. The summed E-state index contributed by atoms with van der Waals surface area (Å²) in [6.07, 6.45) is 8.52. The van der Waals surface area contributed by atoms with Crippen LogP contribution in [0.15, 0.2) is 35.9 Å². The van der Waals surface area contributed by atoms with E-state index in [4.69, 9.17) is 9.47 Å². The molecule has 0 radical (unpaired) electrons. The van der Waals surface area contributed by atoms with Crippen LogP contribution in [-0.2, 0) is 12.8 Å². The Bertz CT molecular complexity index is 963. The van der Waals surface area contributed by atoms with Crippen LogP contribution in [0.25, 0.3) is 12.2 Å². The summed E-state index contributed by atoms with van der Waals surface area (Å²) in [5, 5.41) is 20.8. The van der Waals surface area contributed by atoms with Gasteiger partial charge >= 0.3 is 0 Å². The lowest BCUT2D eigenvalue weighted by molar-refractivity contribution is 0.0842. The van der Waals surface area contributed by atoms with E-state index in [1.165, 1.54) is 12.7 Å². The Morgan fingerprint density at radius 2 is 1.90 bits per heavy atom. The third-order valence-electron chi connectivity index (χ3n) is 5.25. The van der Waals surface area contributed by atoms with Crippen LogP contribution in [0.1, 0.15) is 56.4 Å². The first-order valence-electron chi connectivity index (χ1n) is 9.95. The van der Waals surface area contributed by atoms with Gasteiger partial charge < -0.3 is 19.7 Å². The van der Waals surface area contributed by atoms with E-state index >= 15 is 0 Å². The van der Waals surface area contributed by atoms with Crippen molar-refractivity contribution >= 4 is 12.2 Å². The molecule has 0 aromatic heterocycles. The molecule has 0 atom stereocenters. The van der Waals surface area contributed by atoms with Crippen molar-refractivity contribution in [3.8, 4) is 23.0 Å². The quantitative estimate of drug-likeness (QED) is 0.490. The molecule has 2 aromatic rings. The number of phenolic OH excluding ortho intramolecular Hbond substituents is 2. The minimum Gasteiger partial charge on any atom is -0.507 e. The number of ether oxygens (including phenoxy) is 2. The molecule has 0 amide bonds. The van der Waals surface area contributed by atoms with Crippen LogP contribution in [0.4, 0.5) is 0 Å². The van der Waals surface area contributed by atoms with Crippen LogP contribution in [0.2, 0.25) is 0 Å². The topological polar surface area (TPSA) is 58.9 Å². The molecule has 0 spiro atoms. The third-order valence-corrected chi connectivity index (χ3v) is 5.25. The average Bonchev–Trinajstić information content (AvgIpc) is 2.64. The second-order valence-electron chi connectivity index (χ2n) is 8.38. The number of rotatable bonds is 5. The van der Waals surface area contributed by atoms with Gasteiger partial charge in [0.2, 0.25) is 0 Å². The number of allylic oxidation sites excluding steroid dienone is 2. The van der Waals surface area contributed by atoms with Gasteiger partial charge in [-0.3, -0.25) is 0 Å². The maximum Gasteiger partial charge on any atom is 0.160 e. The van der Waals surface area contributed by atoms with Gasteiger partial charge in [0.15, 0.2) is 11.5 Å². The van der Waals surface area contributed by atoms with E-state index in [9.17, 15) is 10.2 Å². The molecule has 2 aromatic carbocycles. The lowest BCUT2D eigenvalue weighted by atomic mass is 9.87. The molecule has 1 aliphatic heterocycles. The first-order valence-corrected chi connectivity index (χ1v) is 9.95. The Morgan fingerprint density at radius 1 is 1.14 bits per heavy atom. The van der Waals surface area contributed by atoms with Gasteiger partial charge in [0.1, 0.15) is 17.1 Å². The summed E-state index contributed by atoms with van der Waals surface area (Å²) < 4.78 is 11.3. The normalized spacial score (nSPS) is 14.9. The highest BCUT2D eigenvalue weighted by Gasteiger charge is 2.29. The Morgan fingerprint density at radius 3 is 2.55 bits per heavy atom. The highest BCUT2D eigenvalue weighted by Crippen LogP contribution is 2.41. The molecule has 2 N–H and O–H groups in total. The summed E-state index contributed by atoms with van der Waals surface area (Å²) in [7, 11) is 1.53. The van der Waals surface area contributed by atoms with Gasteiger partial charge in [0.05, 0.1) is 7.11 Å². The van der Waals surface area contributed by atoms with Crippen LogP contribution in [-0.4, -0.2) is 22.9 Å². The van der Waals surface area contributed by atoms with Gasteiger partial charge in [0.25, 0.3) is 0 Å². The number of aromatic hydroxyl groups is 2. The van der Waals surface area contributed by atoms with Crippen molar-refractivity contribution in [2.45, 2.75) is 52.6 Å². The zero-order valence-corrected chi connectivity index (χ0v) is 17.9. The fourth-order valence-electron chi connectivity index (χ4n) is 3.59. The average molecular weight is 395 g/mol. The van der Waals surface area contributed by atoms with E-state index in [2.05, 4.69) is 33.8 Å². The molecule has 0 aliphatic carbocycles. The van der Waals surface area contributed by atoms with Crippen molar-refractivity contribution < 1.29 is 19.7 Å². The molecular formula is C25H30O4. The highest BCUT2D eigenvalue weighted by molar-refractivity contribution is 5.77. The maximum absolute atomic E-state index is 10.7. The SMILES string of the molecule is COc1ccc(/C=C\c2c(CC=C(C)C)c(O)cc3c2CCC(C)(C)O3)cc1O. The van der Waals surface area contributed by atoms with Crippen molar-refractivity contribution in [3.63, 3.8) is 0 Å². The monoisotopic (exact) mass is 394 g/mol. The fourth-order valence-corrected chi connectivity index (χ4v) is 3.59. The fraction of sp³-hybridized carbons (Fsp3) is 0.360. The number of hydrogen-bond donors (Lipinski definition) is 2. The summed E-state index contributed by atoms with van der Waals surface area (Å²) in [5.74, 6) is 1.53. The van der Waals surface area contributed by atoms with Crippen molar-refractivity contribution in [3.05, 3.63) is 58.2 Å². The number of benzene rings is 2. The first-order chi connectivity index (χ1) is 13.7. The molecule has 1 aliphatic rings. The predicted molar refractivity (Wildman–Crippen MR) is 118 cm³/mol. The van der Waals surface area contributed by atoms with Crippen molar-refractivity contribution in [2.24, 2.45) is 0 Å². The van der Waals surface area contributed by atoms with Crippen LogP contribution in [0, 0.1) is 0 Å². The number of fused-ring (bicyclic) bond motifs is 1. The van der Waals surface area contributed by atoms with Gasteiger partial charge in [-0.25, -0.2) is 0 Å². The summed E-state index contributed by atoms with van der Waals surface area (Å²) in [5.41, 5.74) is 4.81. The van der Waals surface area contributed by atoms with Crippen LogP contribution >= 0.6 is 0 Å². The molecular weight excluding hydrogens is 364 g/mol. The molecule has 4 nitrogen and oxygen atoms in total. The second kappa shape index (κ2) is 8.24. The van der Waals surface area contributed by atoms with Gasteiger partial charge in [-0.15, -0.1) is 0 Å². The minimum absolute atomic E-state index is 0.0995. The molecule has 0 unspecified atom stereocenters. The molecule has 3 rings (SSSR count). The van der Waals surface area contributed by atoms with E-state index in [0.29, 0.717) is 12.2 Å². The second-order valence-corrected chi connectivity index (χ2v) is 8.38. The van der Waals surface area contributed by atoms with E-state index in [-0.39, 0.29) is 17.1 Å². The van der Waals surface area contributed by atoms with Gasteiger partial charge in [-0.05, 0) is 70.2 Å². The van der Waals surface area contributed by atoms with E-state index in [0.717, 1.165) is 40.8 Å². The van der Waals surface area contributed by atoms with Crippen LogP contribution in [0.5, 0.6) is 23.0 Å². The molecule has 0 saturated carbocycles. The minimum atomic E-state index is -0.246. The van der Waals surface area contributed by atoms with Gasteiger partial charge in [-0.1, -0.05) is 29.9 Å². The maximum atomic E-state index is 10.7. The smallest absolute Gasteiger partial charge is 0.160 e. The van der Waals surface area contributed by atoms with Gasteiger partial charge in [0, 0.05) is 17.2 Å². The molecule has 1 heterocycles. The van der Waals surface area contributed by atoms with Crippen LogP contribution in [0.3, 0.4) is 0 Å². The van der Waals surface area contributed by atoms with Crippen molar-refractivity contribution in [1.29, 1.82) is 0 Å². The summed E-state index contributed by atoms with van der Waals surface area (Å²) >= 11 is 0. The molecule has 29 heavy (non-hydrogen) atoms. The summed E-state index contributed by atoms with van der Waals surface area (Å²) in [6.45, 7) is 8.24. The predicted octanol–water partition coefficient (Wildman–Crippen LogP) is 5.89. The Balaban J connectivity index is 2.08. The third kappa shape index (κ3) is 4.76. The number of methoxy groups -OCH3 is 1.